The van der Waals surface area contributed by atoms with E-state index in [4.69, 9.17) is 0 Å². The Balaban J connectivity index is 1.18. The van der Waals surface area contributed by atoms with E-state index in [9.17, 15) is 9.59 Å². The molecule has 0 aromatic heterocycles. The summed E-state index contributed by atoms with van der Waals surface area (Å²) in [4.78, 5) is 33.6. The third-order valence-corrected chi connectivity index (χ3v) is 7.02. The van der Waals surface area contributed by atoms with Gasteiger partial charge in [0, 0.05) is 38.8 Å². The van der Waals surface area contributed by atoms with Crippen molar-refractivity contribution in [2.45, 2.75) is 44.7 Å². The predicted octanol–water partition coefficient (Wildman–Crippen LogP) is 0.831. The zero-order valence-corrected chi connectivity index (χ0v) is 17.2. The van der Waals surface area contributed by atoms with E-state index in [2.05, 4.69) is 46.6 Å². The van der Waals surface area contributed by atoms with Crippen molar-refractivity contribution in [1.29, 1.82) is 0 Å². The number of guanidine groups is 1. The molecule has 0 spiro atoms. The van der Waals surface area contributed by atoms with Crippen LogP contribution in [0.2, 0.25) is 0 Å². The lowest BCUT2D eigenvalue weighted by Gasteiger charge is -2.25. The topological polar surface area (TPSA) is 77.0 Å². The van der Waals surface area contributed by atoms with Gasteiger partial charge in [-0.25, -0.2) is 0 Å². The molecule has 0 radical (unpaired) electrons. The van der Waals surface area contributed by atoms with Gasteiger partial charge in [0.2, 0.25) is 11.8 Å². The highest BCUT2D eigenvalue weighted by Gasteiger charge is 2.58. The second-order valence-electron chi connectivity index (χ2n) is 8.81. The molecule has 28 heavy (non-hydrogen) atoms. The summed E-state index contributed by atoms with van der Waals surface area (Å²) < 4.78 is 0. The number of nitrogens with one attached hydrogen (secondary N) is 2. The number of rotatable bonds is 8. The highest BCUT2D eigenvalue weighted by Crippen LogP contribution is 2.52. The fraction of sp³-hybridized carbons (Fsp3) is 0.762. The SMILES string of the molecule is CN=C(NCCCN1C(=O)C2C3C=CC(C3)C2C1=O)NCC(C)N(C)C1CC1. The monoisotopic (exact) mass is 387 g/mol. The van der Waals surface area contributed by atoms with Crippen LogP contribution in [-0.2, 0) is 9.59 Å². The molecule has 5 unspecified atom stereocenters. The Morgan fingerprint density at radius 1 is 1.21 bits per heavy atom. The van der Waals surface area contributed by atoms with Gasteiger partial charge < -0.3 is 10.6 Å². The number of nitrogens with zero attached hydrogens (tertiary/aromatic N) is 3. The van der Waals surface area contributed by atoms with Crippen molar-refractivity contribution in [2.75, 3.05) is 33.7 Å². The average molecular weight is 388 g/mol. The first-order valence-corrected chi connectivity index (χ1v) is 10.7. The molecule has 2 N–H and O–H groups in total. The Kier molecular flexibility index (Phi) is 5.45. The Bertz CT molecular complexity index is 656. The standard InChI is InChI=1S/C21H33N5O2/c1-13(25(3)16-7-8-16)12-24-21(22-2)23-9-4-10-26-19(27)17-14-5-6-15(11-14)18(17)20(26)28/h5-6,13-18H,4,7-12H2,1-3H3,(H2,22,23,24). The number of likely N-dealkylation sites (N-methyl/N-ethyl adjacent to an activating group) is 1. The summed E-state index contributed by atoms with van der Waals surface area (Å²) in [6.07, 6.45) is 8.61. The maximum absolute atomic E-state index is 12.7. The maximum Gasteiger partial charge on any atom is 0.233 e. The molecule has 2 bridgehead atoms. The number of likely N-dealkylation sites (tertiary alicyclic amines) is 1. The molecular weight excluding hydrogens is 354 g/mol. The van der Waals surface area contributed by atoms with E-state index in [0.717, 1.165) is 31.4 Å². The van der Waals surface area contributed by atoms with Crippen LogP contribution in [0.15, 0.2) is 17.1 Å². The number of amides is 2. The predicted molar refractivity (Wildman–Crippen MR) is 109 cm³/mol. The van der Waals surface area contributed by atoms with E-state index >= 15 is 0 Å². The van der Waals surface area contributed by atoms with E-state index in [1.54, 1.807) is 7.05 Å². The minimum atomic E-state index is -0.0881. The maximum atomic E-state index is 12.7. The molecule has 2 amide bonds. The number of fused-ring (bicyclic) bond motifs is 5. The molecule has 7 nitrogen and oxygen atoms in total. The Hall–Kier alpha value is -1.89. The summed E-state index contributed by atoms with van der Waals surface area (Å²) in [5.74, 6) is 1.26. The lowest BCUT2D eigenvalue weighted by molar-refractivity contribution is -0.140. The first kappa shape index (κ1) is 19.4. The summed E-state index contributed by atoms with van der Waals surface area (Å²) in [7, 11) is 3.95. The summed E-state index contributed by atoms with van der Waals surface area (Å²) in [6, 6.07) is 1.20. The molecule has 4 rings (SSSR count). The van der Waals surface area contributed by atoms with Crippen LogP contribution in [0.3, 0.4) is 0 Å². The second-order valence-corrected chi connectivity index (χ2v) is 8.81. The van der Waals surface area contributed by atoms with E-state index in [1.165, 1.54) is 17.7 Å². The van der Waals surface area contributed by atoms with E-state index in [0.29, 0.717) is 19.1 Å². The molecule has 1 heterocycles. The smallest absolute Gasteiger partial charge is 0.233 e. The van der Waals surface area contributed by atoms with Crippen LogP contribution >= 0.6 is 0 Å². The Labute approximate surface area is 167 Å². The van der Waals surface area contributed by atoms with Crippen molar-refractivity contribution >= 4 is 17.8 Å². The number of hydrogen-bond donors (Lipinski definition) is 2. The summed E-state index contributed by atoms with van der Waals surface area (Å²) in [5.41, 5.74) is 0. The van der Waals surface area contributed by atoms with Gasteiger partial charge in [-0.15, -0.1) is 0 Å². The number of aliphatic imine (C=N–C) groups is 1. The first-order chi connectivity index (χ1) is 13.5. The van der Waals surface area contributed by atoms with E-state index in [-0.39, 0.29) is 35.5 Å². The molecule has 5 atom stereocenters. The molecule has 154 valence electrons. The Morgan fingerprint density at radius 2 is 1.86 bits per heavy atom. The third-order valence-electron chi connectivity index (χ3n) is 7.02. The molecule has 0 aromatic rings. The van der Waals surface area contributed by atoms with Crippen molar-refractivity contribution in [3.05, 3.63) is 12.2 Å². The summed E-state index contributed by atoms with van der Waals surface area (Å²) in [6.45, 7) is 4.25. The fourth-order valence-corrected chi connectivity index (χ4v) is 5.08. The average Bonchev–Trinajstić information content (AvgIpc) is 3.26. The number of carbonyl (C=O) groups is 2. The van der Waals surface area contributed by atoms with Crippen LogP contribution < -0.4 is 10.6 Å². The zero-order valence-electron chi connectivity index (χ0n) is 17.2. The molecule has 4 aliphatic rings. The number of carbonyl (C=O) groups excluding carboxylic acids is 2. The molecule has 0 aromatic carbocycles. The minimum absolute atomic E-state index is 0.0475. The Morgan fingerprint density at radius 3 is 2.43 bits per heavy atom. The first-order valence-electron chi connectivity index (χ1n) is 10.7. The van der Waals surface area contributed by atoms with Gasteiger partial charge in [0.1, 0.15) is 0 Å². The van der Waals surface area contributed by atoms with Crippen LogP contribution in [0.4, 0.5) is 0 Å². The quantitative estimate of drug-likeness (QED) is 0.212. The fourth-order valence-electron chi connectivity index (χ4n) is 5.08. The van der Waals surface area contributed by atoms with Gasteiger partial charge in [-0.3, -0.25) is 24.4 Å². The lowest BCUT2D eigenvalue weighted by atomic mass is 9.85. The van der Waals surface area contributed by atoms with Crippen molar-refractivity contribution in [2.24, 2.45) is 28.7 Å². The van der Waals surface area contributed by atoms with Crippen molar-refractivity contribution in [3.63, 3.8) is 0 Å². The van der Waals surface area contributed by atoms with Crippen LogP contribution in [0.25, 0.3) is 0 Å². The summed E-state index contributed by atoms with van der Waals surface area (Å²) >= 11 is 0. The van der Waals surface area contributed by atoms with Gasteiger partial charge in [-0.2, -0.15) is 0 Å². The number of imide groups is 1. The highest BCUT2D eigenvalue weighted by atomic mass is 16.2. The zero-order chi connectivity index (χ0) is 19.8. The molecule has 1 aliphatic heterocycles. The number of allylic oxidation sites excluding steroid dienone is 2. The van der Waals surface area contributed by atoms with Crippen LogP contribution in [0, 0.1) is 23.7 Å². The largest absolute Gasteiger partial charge is 0.356 e. The molecule has 3 aliphatic carbocycles. The van der Waals surface area contributed by atoms with Gasteiger partial charge in [-0.1, -0.05) is 12.2 Å². The molecule has 7 heteroatoms. The van der Waals surface area contributed by atoms with Crippen molar-refractivity contribution < 1.29 is 9.59 Å². The van der Waals surface area contributed by atoms with Gasteiger partial charge >= 0.3 is 0 Å². The van der Waals surface area contributed by atoms with Gasteiger partial charge in [0.05, 0.1) is 11.8 Å². The third kappa shape index (κ3) is 3.56. The van der Waals surface area contributed by atoms with E-state index in [1.807, 2.05) is 0 Å². The molecular formula is C21H33N5O2. The van der Waals surface area contributed by atoms with Crippen molar-refractivity contribution in [3.8, 4) is 0 Å². The molecule has 3 fully saturated rings. The lowest BCUT2D eigenvalue weighted by Crippen LogP contribution is -2.46. The summed E-state index contributed by atoms with van der Waals surface area (Å²) in [5, 5.41) is 6.67. The second kappa shape index (κ2) is 7.85. The van der Waals surface area contributed by atoms with E-state index < -0.39 is 0 Å². The number of hydrogen-bond acceptors (Lipinski definition) is 4. The van der Waals surface area contributed by atoms with Gasteiger partial charge in [0.15, 0.2) is 5.96 Å². The van der Waals surface area contributed by atoms with Crippen LogP contribution in [0.5, 0.6) is 0 Å². The van der Waals surface area contributed by atoms with Gasteiger partial charge in [-0.05, 0) is 51.5 Å². The van der Waals surface area contributed by atoms with Crippen molar-refractivity contribution in [1.82, 2.24) is 20.4 Å². The van der Waals surface area contributed by atoms with Crippen LogP contribution in [-0.4, -0.2) is 73.4 Å². The highest BCUT2D eigenvalue weighted by molar-refractivity contribution is 6.06. The minimum Gasteiger partial charge on any atom is -0.356 e. The van der Waals surface area contributed by atoms with Crippen LogP contribution in [0.1, 0.15) is 32.6 Å². The van der Waals surface area contributed by atoms with Gasteiger partial charge in [0.25, 0.3) is 0 Å². The molecule has 2 saturated carbocycles. The normalized spacial score (nSPS) is 32.4. The molecule has 1 saturated heterocycles.